The molecule has 0 aliphatic carbocycles. The number of nitrogens with two attached hydrogens (primary N) is 1. The van der Waals surface area contributed by atoms with E-state index < -0.39 is 5.82 Å². The molecule has 1 atom stereocenters. The van der Waals surface area contributed by atoms with Crippen molar-refractivity contribution in [3.8, 4) is 5.75 Å². The molecule has 3 nitrogen and oxygen atoms in total. The zero-order valence-electron chi connectivity index (χ0n) is 12.3. The second-order valence-corrected chi connectivity index (χ2v) is 5.44. The van der Waals surface area contributed by atoms with Crippen molar-refractivity contribution >= 4 is 11.6 Å². The highest BCUT2D eigenvalue weighted by Crippen LogP contribution is 2.27. The highest BCUT2D eigenvalue weighted by molar-refractivity contribution is 6.30. The minimum atomic E-state index is -0.462. The van der Waals surface area contributed by atoms with Crippen molar-refractivity contribution in [3.05, 3.63) is 57.6 Å². The number of ether oxygens (including phenoxy) is 1. The zero-order valence-corrected chi connectivity index (χ0v) is 13.0. The van der Waals surface area contributed by atoms with Crippen LogP contribution in [0, 0.1) is 19.7 Å². The molecule has 0 aliphatic heterocycles. The molecule has 2 aromatic rings. The molecular weight excluding hydrogens is 291 g/mol. The Labute approximate surface area is 128 Å². The van der Waals surface area contributed by atoms with Crippen LogP contribution < -0.4 is 10.5 Å². The summed E-state index contributed by atoms with van der Waals surface area (Å²) in [6.07, 6.45) is 2.26. The molecule has 1 aromatic carbocycles. The number of nitrogens with zero attached hydrogens (tertiary/aromatic N) is 1. The maximum Gasteiger partial charge on any atom is 0.142 e. The van der Waals surface area contributed by atoms with Gasteiger partial charge in [-0.15, -0.1) is 0 Å². The first kappa shape index (κ1) is 15.7. The molecule has 0 saturated heterocycles. The first-order valence-corrected chi connectivity index (χ1v) is 7.01. The van der Waals surface area contributed by atoms with Crippen molar-refractivity contribution in [2.75, 3.05) is 7.11 Å². The molecule has 112 valence electrons. The van der Waals surface area contributed by atoms with Gasteiger partial charge in [0, 0.05) is 35.5 Å². The fourth-order valence-electron chi connectivity index (χ4n) is 2.35. The van der Waals surface area contributed by atoms with Gasteiger partial charge in [0.25, 0.3) is 0 Å². The Balaban J connectivity index is 2.27. The third-order valence-electron chi connectivity index (χ3n) is 3.53. The molecule has 0 amide bonds. The van der Waals surface area contributed by atoms with Crippen LogP contribution in [0.3, 0.4) is 0 Å². The highest BCUT2D eigenvalue weighted by Gasteiger charge is 2.15. The van der Waals surface area contributed by atoms with Gasteiger partial charge in [-0.2, -0.15) is 0 Å². The van der Waals surface area contributed by atoms with E-state index >= 15 is 0 Å². The van der Waals surface area contributed by atoms with Gasteiger partial charge in [-0.3, -0.25) is 4.98 Å². The fraction of sp³-hybridized carbons (Fsp3) is 0.312. The Hall–Kier alpha value is -1.65. The van der Waals surface area contributed by atoms with Crippen molar-refractivity contribution in [1.29, 1.82) is 0 Å². The number of methoxy groups -OCH3 is 1. The third-order valence-corrected chi connectivity index (χ3v) is 3.84. The summed E-state index contributed by atoms with van der Waals surface area (Å²) in [6, 6.07) is 4.27. The van der Waals surface area contributed by atoms with Gasteiger partial charge in [-0.1, -0.05) is 17.7 Å². The maximum absolute atomic E-state index is 13.5. The average Bonchev–Trinajstić information content (AvgIpc) is 2.45. The monoisotopic (exact) mass is 308 g/mol. The minimum Gasteiger partial charge on any atom is -0.496 e. The molecule has 5 heteroatoms. The van der Waals surface area contributed by atoms with E-state index in [1.165, 1.54) is 12.1 Å². The van der Waals surface area contributed by atoms with Crippen LogP contribution in [0.15, 0.2) is 24.4 Å². The van der Waals surface area contributed by atoms with Crippen molar-refractivity contribution in [1.82, 2.24) is 4.98 Å². The lowest BCUT2D eigenvalue weighted by Gasteiger charge is -2.16. The number of pyridine rings is 1. The van der Waals surface area contributed by atoms with E-state index in [0.29, 0.717) is 12.0 Å². The van der Waals surface area contributed by atoms with E-state index in [9.17, 15) is 4.39 Å². The summed E-state index contributed by atoms with van der Waals surface area (Å²) in [6.45, 7) is 3.89. The molecule has 0 spiro atoms. The summed E-state index contributed by atoms with van der Waals surface area (Å²) in [5, 5.41) is 0.0947. The summed E-state index contributed by atoms with van der Waals surface area (Å²) in [7, 11) is 1.63. The quantitative estimate of drug-likeness (QED) is 0.936. The number of hydrogen-bond donors (Lipinski definition) is 1. The standard InChI is InChI=1S/C16H18ClFN2O/c1-9-8-20-15(10(2)16(9)21-3)7-14(19)11-4-5-12(17)13(18)6-11/h4-6,8,14H,7,19H2,1-3H3. The third kappa shape index (κ3) is 3.34. The van der Waals surface area contributed by atoms with Gasteiger partial charge >= 0.3 is 0 Å². The van der Waals surface area contributed by atoms with Crippen molar-refractivity contribution < 1.29 is 9.13 Å². The van der Waals surface area contributed by atoms with Gasteiger partial charge in [-0.25, -0.2) is 4.39 Å². The molecule has 0 aliphatic rings. The maximum atomic E-state index is 13.5. The van der Waals surface area contributed by atoms with Crippen LogP contribution in [0.2, 0.25) is 5.02 Å². The SMILES string of the molecule is COc1c(C)cnc(CC(N)c2ccc(Cl)c(F)c2)c1C. The molecule has 0 saturated carbocycles. The Morgan fingerprint density at radius 2 is 2.10 bits per heavy atom. The lowest BCUT2D eigenvalue weighted by Crippen LogP contribution is -2.15. The van der Waals surface area contributed by atoms with Crippen LogP contribution in [0.25, 0.3) is 0 Å². The van der Waals surface area contributed by atoms with Crippen LogP contribution in [0.5, 0.6) is 5.75 Å². The van der Waals surface area contributed by atoms with Gasteiger partial charge in [-0.05, 0) is 31.5 Å². The molecule has 2 N–H and O–H groups in total. The molecule has 0 fully saturated rings. The predicted octanol–water partition coefficient (Wildman–Crippen LogP) is 3.74. The van der Waals surface area contributed by atoms with Crippen LogP contribution in [0.1, 0.15) is 28.4 Å². The molecule has 2 rings (SSSR count). The van der Waals surface area contributed by atoms with Crippen molar-refractivity contribution in [2.24, 2.45) is 5.73 Å². The average molecular weight is 309 g/mol. The van der Waals surface area contributed by atoms with Gasteiger partial charge in [0.1, 0.15) is 11.6 Å². The van der Waals surface area contributed by atoms with Crippen LogP contribution in [-0.4, -0.2) is 12.1 Å². The minimum absolute atomic E-state index is 0.0947. The van der Waals surface area contributed by atoms with Crippen molar-refractivity contribution in [2.45, 2.75) is 26.3 Å². The second kappa shape index (κ2) is 6.41. The van der Waals surface area contributed by atoms with Crippen molar-refractivity contribution in [3.63, 3.8) is 0 Å². The number of rotatable bonds is 4. The van der Waals surface area contributed by atoms with Gasteiger partial charge < -0.3 is 10.5 Å². The van der Waals surface area contributed by atoms with Gasteiger partial charge in [0.05, 0.1) is 12.1 Å². The molecule has 1 unspecified atom stereocenters. The molecule has 1 aromatic heterocycles. The number of halogens is 2. The Morgan fingerprint density at radius 1 is 1.38 bits per heavy atom. The number of benzene rings is 1. The smallest absolute Gasteiger partial charge is 0.142 e. The van der Waals surface area contributed by atoms with E-state index in [2.05, 4.69) is 4.98 Å². The summed E-state index contributed by atoms with van der Waals surface area (Å²) >= 11 is 5.68. The number of aryl methyl sites for hydroxylation is 1. The molecule has 21 heavy (non-hydrogen) atoms. The van der Waals surface area contributed by atoms with E-state index in [-0.39, 0.29) is 11.1 Å². The summed E-state index contributed by atoms with van der Waals surface area (Å²) in [5.74, 6) is 0.352. The van der Waals surface area contributed by atoms with E-state index in [0.717, 1.165) is 22.6 Å². The summed E-state index contributed by atoms with van der Waals surface area (Å²) in [4.78, 5) is 4.41. The predicted molar refractivity (Wildman–Crippen MR) is 82.3 cm³/mol. The fourth-order valence-corrected chi connectivity index (χ4v) is 2.46. The number of aromatic nitrogens is 1. The Morgan fingerprint density at radius 3 is 2.71 bits per heavy atom. The van der Waals surface area contributed by atoms with E-state index in [4.69, 9.17) is 22.1 Å². The second-order valence-electron chi connectivity index (χ2n) is 5.03. The highest BCUT2D eigenvalue weighted by atomic mass is 35.5. The molecule has 0 radical (unpaired) electrons. The first-order valence-electron chi connectivity index (χ1n) is 6.63. The lowest BCUT2D eigenvalue weighted by molar-refractivity contribution is 0.406. The Bertz CT molecular complexity index is 661. The van der Waals surface area contributed by atoms with E-state index in [1.807, 2.05) is 13.8 Å². The van der Waals surface area contributed by atoms with Crippen LogP contribution in [-0.2, 0) is 6.42 Å². The zero-order chi connectivity index (χ0) is 15.6. The summed E-state index contributed by atoms with van der Waals surface area (Å²) < 4.78 is 18.9. The van der Waals surface area contributed by atoms with E-state index in [1.54, 1.807) is 19.4 Å². The normalized spacial score (nSPS) is 12.3. The Kier molecular flexibility index (Phi) is 4.80. The van der Waals surface area contributed by atoms with Crippen LogP contribution >= 0.6 is 11.6 Å². The first-order chi connectivity index (χ1) is 9.93. The molecule has 1 heterocycles. The largest absolute Gasteiger partial charge is 0.496 e. The number of hydrogen-bond acceptors (Lipinski definition) is 3. The summed E-state index contributed by atoms with van der Waals surface area (Å²) in [5.41, 5.74) is 9.63. The topological polar surface area (TPSA) is 48.1 Å². The molecule has 0 bridgehead atoms. The lowest BCUT2D eigenvalue weighted by atomic mass is 9.99. The van der Waals surface area contributed by atoms with Gasteiger partial charge in [0.15, 0.2) is 0 Å². The van der Waals surface area contributed by atoms with Crippen LogP contribution in [0.4, 0.5) is 4.39 Å². The van der Waals surface area contributed by atoms with Gasteiger partial charge in [0.2, 0.25) is 0 Å². The molecular formula is C16H18ClFN2O.